The number of nitrogens with one attached hydrogen (secondary N) is 1. The predicted molar refractivity (Wildman–Crippen MR) is 77.2 cm³/mol. The van der Waals surface area contributed by atoms with E-state index in [2.05, 4.69) is 4.72 Å². The number of hydrogen-bond acceptors (Lipinski definition) is 3. The van der Waals surface area contributed by atoms with E-state index in [1.165, 1.54) is 19.3 Å². The quantitative estimate of drug-likeness (QED) is 0.820. The van der Waals surface area contributed by atoms with Gasteiger partial charge in [0.15, 0.2) is 4.90 Å². The number of sulfonamides is 1. The molecule has 0 amide bonds. The number of hydrogen-bond donors (Lipinski definition) is 2. The van der Waals surface area contributed by atoms with Gasteiger partial charge in [0, 0.05) is 12.2 Å². The van der Waals surface area contributed by atoms with E-state index in [0.717, 1.165) is 25.0 Å². The van der Waals surface area contributed by atoms with Crippen LogP contribution in [0.4, 0.5) is 14.5 Å². The molecule has 0 bridgehead atoms. The lowest BCUT2D eigenvalue weighted by Crippen LogP contribution is -2.28. The van der Waals surface area contributed by atoms with Crippen molar-refractivity contribution in [3.8, 4) is 0 Å². The highest BCUT2D eigenvalue weighted by atomic mass is 32.2. The summed E-state index contributed by atoms with van der Waals surface area (Å²) in [6.45, 7) is 0.191. The van der Waals surface area contributed by atoms with Crippen molar-refractivity contribution < 1.29 is 17.2 Å². The molecule has 0 radical (unpaired) electrons. The SMILES string of the molecule is Nc1cc(F)c(S(=O)(=O)NCCC2CCCCC2)c(F)c1. The number of anilines is 1. The molecule has 0 unspecified atom stereocenters. The Kier molecular flexibility index (Phi) is 5.16. The molecule has 0 heterocycles. The zero-order valence-electron chi connectivity index (χ0n) is 11.7. The van der Waals surface area contributed by atoms with Crippen LogP contribution < -0.4 is 10.5 Å². The molecule has 1 fully saturated rings. The molecule has 4 nitrogen and oxygen atoms in total. The number of benzene rings is 1. The van der Waals surface area contributed by atoms with Crippen LogP contribution in [0.2, 0.25) is 0 Å². The number of nitrogens with two attached hydrogens (primary N) is 1. The van der Waals surface area contributed by atoms with Crippen LogP contribution in [0.3, 0.4) is 0 Å². The van der Waals surface area contributed by atoms with Gasteiger partial charge >= 0.3 is 0 Å². The highest BCUT2D eigenvalue weighted by Gasteiger charge is 2.24. The molecule has 0 saturated heterocycles. The summed E-state index contributed by atoms with van der Waals surface area (Å²) < 4.78 is 53.6. The van der Waals surface area contributed by atoms with Gasteiger partial charge in [-0.2, -0.15) is 0 Å². The first-order valence-corrected chi connectivity index (χ1v) is 8.62. The van der Waals surface area contributed by atoms with Crippen LogP contribution in [0, 0.1) is 17.6 Å². The minimum Gasteiger partial charge on any atom is -0.399 e. The van der Waals surface area contributed by atoms with E-state index in [4.69, 9.17) is 5.73 Å². The first-order chi connectivity index (χ1) is 9.90. The Hall–Kier alpha value is -1.21. The molecule has 2 rings (SSSR count). The van der Waals surface area contributed by atoms with E-state index >= 15 is 0 Å². The van der Waals surface area contributed by atoms with Crippen molar-refractivity contribution in [1.82, 2.24) is 4.72 Å². The Balaban J connectivity index is 2.01. The Morgan fingerprint density at radius 3 is 2.29 bits per heavy atom. The van der Waals surface area contributed by atoms with Gasteiger partial charge < -0.3 is 5.73 Å². The largest absolute Gasteiger partial charge is 0.399 e. The van der Waals surface area contributed by atoms with Gasteiger partial charge in [0.25, 0.3) is 0 Å². The van der Waals surface area contributed by atoms with E-state index in [0.29, 0.717) is 12.3 Å². The fraction of sp³-hybridized carbons (Fsp3) is 0.571. The monoisotopic (exact) mass is 318 g/mol. The Labute approximate surface area is 123 Å². The molecule has 1 aliphatic carbocycles. The summed E-state index contributed by atoms with van der Waals surface area (Å²) in [7, 11) is -4.19. The van der Waals surface area contributed by atoms with E-state index in [1.807, 2.05) is 0 Å². The minimum absolute atomic E-state index is 0.147. The van der Waals surface area contributed by atoms with Gasteiger partial charge in [0.2, 0.25) is 10.0 Å². The predicted octanol–water partition coefficient (Wildman–Crippen LogP) is 2.80. The molecular formula is C14H20F2N2O2S. The van der Waals surface area contributed by atoms with Crippen LogP contribution in [0.5, 0.6) is 0 Å². The van der Waals surface area contributed by atoms with Gasteiger partial charge in [-0.1, -0.05) is 32.1 Å². The molecule has 1 aliphatic rings. The third-order valence-electron chi connectivity index (χ3n) is 3.86. The molecule has 0 atom stereocenters. The third kappa shape index (κ3) is 4.14. The summed E-state index contributed by atoms with van der Waals surface area (Å²) in [5.41, 5.74) is 5.13. The second-order valence-corrected chi connectivity index (χ2v) is 7.21. The molecule has 1 aromatic rings. The lowest BCUT2D eigenvalue weighted by Gasteiger charge is -2.21. The highest BCUT2D eigenvalue weighted by molar-refractivity contribution is 7.89. The molecule has 1 saturated carbocycles. The molecule has 0 aromatic heterocycles. The van der Waals surface area contributed by atoms with Gasteiger partial charge in [0.1, 0.15) is 11.6 Å². The molecular weight excluding hydrogens is 298 g/mol. The summed E-state index contributed by atoms with van der Waals surface area (Å²) in [6, 6.07) is 1.61. The number of rotatable bonds is 5. The van der Waals surface area contributed by atoms with Crippen molar-refractivity contribution >= 4 is 15.7 Å². The molecule has 0 spiro atoms. The molecule has 0 aliphatic heterocycles. The van der Waals surface area contributed by atoms with Crippen LogP contribution in [-0.2, 0) is 10.0 Å². The van der Waals surface area contributed by atoms with Crippen molar-refractivity contribution in [2.75, 3.05) is 12.3 Å². The van der Waals surface area contributed by atoms with Crippen LogP contribution in [0.25, 0.3) is 0 Å². The van der Waals surface area contributed by atoms with Gasteiger partial charge in [-0.05, 0) is 24.5 Å². The lowest BCUT2D eigenvalue weighted by molar-refractivity contribution is 0.339. The Morgan fingerprint density at radius 2 is 1.71 bits per heavy atom. The first-order valence-electron chi connectivity index (χ1n) is 7.14. The van der Waals surface area contributed by atoms with Crippen LogP contribution in [0.15, 0.2) is 17.0 Å². The zero-order chi connectivity index (χ0) is 15.5. The van der Waals surface area contributed by atoms with E-state index in [1.54, 1.807) is 0 Å². The van der Waals surface area contributed by atoms with Crippen LogP contribution >= 0.6 is 0 Å². The molecule has 7 heteroatoms. The summed E-state index contributed by atoms with van der Waals surface area (Å²) >= 11 is 0. The van der Waals surface area contributed by atoms with Crippen LogP contribution in [0.1, 0.15) is 38.5 Å². The summed E-state index contributed by atoms with van der Waals surface area (Å²) in [6.07, 6.45) is 6.43. The maximum Gasteiger partial charge on any atom is 0.246 e. The van der Waals surface area contributed by atoms with Gasteiger partial charge in [0.05, 0.1) is 0 Å². The summed E-state index contributed by atoms with van der Waals surface area (Å²) in [5.74, 6) is -1.85. The average molecular weight is 318 g/mol. The summed E-state index contributed by atoms with van der Waals surface area (Å²) in [5, 5.41) is 0. The first kappa shape index (κ1) is 16.2. The molecule has 118 valence electrons. The Morgan fingerprint density at radius 1 is 1.14 bits per heavy atom. The standard InChI is InChI=1S/C14H20F2N2O2S/c15-12-8-11(17)9-13(16)14(12)21(19,20)18-7-6-10-4-2-1-3-5-10/h8-10,18H,1-7,17H2. The zero-order valence-corrected chi connectivity index (χ0v) is 12.6. The molecule has 21 heavy (non-hydrogen) atoms. The fourth-order valence-corrected chi connectivity index (χ4v) is 3.94. The molecule has 1 aromatic carbocycles. The molecule has 3 N–H and O–H groups in total. The highest BCUT2D eigenvalue weighted by Crippen LogP contribution is 2.26. The maximum absolute atomic E-state index is 13.6. The van der Waals surface area contributed by atoms with E-state index in [9.17, 15) is 17.2 Å². The third-order valence-corrected chi connectivity index (χ3v) is 5.37. The normalized spacial score (nSPS) is 17.0. The second-order valence-electron chi connectivity index (χ2n) is 5.50. The van der Waals surface area contributed by atoms with Crippen molar-refractivity contribution in [1.29, 1.82) is 0 Å². The van der Waals surface area contributed by atoms with Gasteiger partial charge in [-0.15, -0.1) is 0 Å². The van der Waals surface area contributed by atoms with Crippen molar-refractivity contribution in [2.24, 2.45) is 5.92 Å². The lowest BCUT2D eigenvalue weighted by atomic mass is 9.87. The van der Waals surface area contributed by atoms with E-state index < -0.39 is 26.6 Å². The van der Waals surface area contributed by atoms with E-state index in [-0.39, 0.29) is 12.2 Å². The summed E-state index contributed by atoms with van der Waals surface area (Å²) in [4.78, 5) is -0.958. The fourth-order valence-electron chi connectivity index (χ4n) is 2.78. The van der Waals surface area contributed by atoms with Crippen LogP contribution in [-0.4, -0.2) is 15.0 Å². The topological polar surface area (TPSA) is 72.2 Å². The van der Waals surface area contributed by atoms with Crippen molar-refractivity contribution in [3.63, 3.8) is 0 Å². The van der Waals surface area contributed by atoms with Crippen molar-refractivity contribution in [2.45, 2.75) is 43.4 Å². The second kappa shape index (κ2) is 6.70. The average Bonchev–Trinajstić information content (AvgIpc) is 2.38. The number of nitrogen functional groups attached to an aromatic ring is 1. The van der Waals surface area contributed by atoms with Gasteiger partial charge in [-0.3, -0.25) is 0 Å². The smallest absolute Gasteiger partial charge is 0.246 e. The van der Waals surface area contributed by atoms with Crippen molar-refractivity contribution in [3.05, 3.63) is 23.8 Å². The minimum atomic E-state index is -4.19. The van der Waals surface area contributed by atoms with Gasteiger partial charge in [-0.25, -0.2) is 21.9 Å². The maximum atomic E-state index is 13.6. The number of halogens is 2. The Bertz CT molecular complexity index is 576.